The quantitative estimate of drug-likeness (QED) is 0.420. The number of rotatable bonds is 6. The van der Waals surface area contributed by atoms with Crippen LogP contribution in [0.4, 0.5) is 17.2 Å². The number of hydrogen-bond donors (Lipinski definition) is 2. The predicted octanol–water partition coefficient (Wildman–Crippen LogP) is 4.13. The molecule has 170 valence electrons. The van der Waals surface area contributed by atoms with Crippen molar-refractivity contribution in [2.24, 2.45) is 5.92 Å². The topological polar surface area (TPSA) is 90.0 Å². The summed E-state index contributed by atoms with van der Waals surface area (Å²) in [5.74, 6) is 1.03. The fraction of sp³-hybridized carbons (Fsp3) is 0.333. The highest BCUT2D eigenvalue weighted by Gasteiger charge is 2.30. The first-order valence-corrected chi connectivity index (χ1v) is 11.8. The molecule has 33 heavy (non-hydrogen) atoms. The Labute approximate surface area is 196 Å². The molecule has 1 atom stereocenters. The minimum absolute atomic E-state index is 0.0348. The third-order valence-electron chi connectivity index (χ3n) is 6.26. The second-order valence-corrected chi connectivity index (χ2v) is 9.78. The number of nitrogens with one attached hydrogen (secondary N) is 2. The maximum atomic E-state index is 12.5. The lowest BCUT2D eigenvalue weighted by Gasteiger charge is -2.24. The van der Waals surface area contributed by atoms with Crippen molar-refractivity contribution < 1.29 is 4.79 Å². The van der Waals surface area contributed by atoms with E-state index in [0.29, 0.717) is 6.54 Å². The largest absolute Gasteiger partial charge is 0.369 e. The van der Waals surface area contributed by atoms with Gasteiger partial charge >= 0.3 is 0 Å². The first-order valence-electron chi connectivity index (χ1n) is 11.0. The van der Waals surface area contributed by atoms with E-state index in [0.717, 1.165) is 57.6 Å². The third-order valence-corrected chi connectivity index (χ3v) is 7.42. The van der Waals surface area contributed by atoms with Gasteiger partial charge in [0, 0.05) is 43.9 Å². The van der Waals surface area contributed by atoms with E-state index < -0.39 is 0 Å². The summed E-state index contributed by atoms with van der Waals surface area (Å²) >= 11 is 1.68. The molecule has 0 spiro atoms. The molecule has 0 aliphatic heterocycles. The summed E-state index contributed by atoms with van der Waals surface area (Å²) in [7, 11) is 5.69. The molecule has 3 aromatic heterocycles. The van der Waals surface area contributed by atoms with Gasteiger partial charge in [0.15, 0.2) is 0 Å². The van der Waals surface area contributed by atoms with Crippen molar-refractivity contribution in [1.29, 1.82) is 0 Å². The number of aryl methyl sites for hydroxylation is 1. The van der Waals surface area contributed by atoms with Crippen molar-refractivity contribution in [1.82, 2.24) is 25.1 Å². The van der Waals surface area contributed by atoms with Gasteiger partial charge in [0.1, 0.15) is 17.0 Å². The SMILES string of the molecule is C=CCN(C)c1cc2[nH]ncc2cc1Nc1ncnc2sc3c(c12)CC[C@H](C(=O)N(C)C)C3. The van der Waals surface area contributed by atoms with Gasteiger partial charge in [-0.3, -0.25) is 9.89 Å². The lowest BCUT2D eigenvalue weighted by Crippen LogP contribution is -2.32. The highest BCUT2D eigenvalue weighted by atomic mass is 32.1. The molecule has 1 amide bonds. The molecule has 4 aromatic rings. The number of fused-ring (bicyclic) bond motifs is 4. The molecule has 0 saturated carbocycles. The van der Waals surface area contributed by atoms with Gasteiger partial charge in [-0.05, 0) is 37.0 Å². The maximum absolute atomic E-state index is 12.5. The van der Waals surface area contributed by atoms with E-state index in [1.165, 1.54) is 10.4 Å². The number of aromatic amines is 1. The zero-order valence-electron chi connectivity index (χ0n) is 19.1. The van der Waals surface area contributed by atoms with Crippen molar-refractivity contribution in [3.8, 4) is 0 Å². The molecule has 5 rings (SSSR count). The van der Waals surface area contributed by atoms with Gasteiger partial charge in [-0.2, -0.15) is 5.10 Å². The molecule has 1 aliphatic rings. The molecule has 0 bridgehead atoms. The molecule has 1 aliphatic carbocycles. The van der Waals surface area contributed by atoms with Gasteiger partial charge in [-0.25, -0.2) is 9.97 Å². The van der Waals surface area contributed by atoms with Crippen LogP contribution in [-0.2, 0) is 17.6 Å². The summed E-state index contributed by atoms with van der Waals surface area (Å²) < 4.78 is 0. The number of anilines is 3. The summed E-state index contributed by atoms with van der Waals surface area (Å²) in [4.78, 5) is 27.8. The summed E-state index contributed by atoms with van der Waals surface area (Å²) in [5, 5.41) is 12.9. The lowest BCUT2D eigenvalue weighted by atomic mass is 9.87. The summed E-state index contributed by atoms with van der Waals surface area (Å²) in [6.07, 6.45) is 7.77. The second-order valence-electron chi connectivity index (χ2n) is 8.70. The van der Waals surface area contributed by atoms with Gasteiger partial charge in [-0.1, -0.05) is 6.08 Å². The van der Waals surface area contributed by atoms with Crippen LogP contribution in [0.25, 0.3) is 21.1 Å². The fourth-order valence-electron chi connectivity index (χ4n) is 4.60. The molecule has 0 saturated heterocycles. The van der Waals surface area contributed by atoms with Crippen LogP contribution in [0.15, 0.2) is 37.3 Å². The number of nitrogens with zero attached hydrogens (tertiary/aromatic N) is 5. The van der Waals surface area contributed by atoms with Crippen LogP contribution < -0.4 is 10.2 Å². The molecular weight excluding hydrogens is 434 g/mol. The average Bonchev–Trinajstić information content (AvgIpc) is 3.41. The predicted molar refractivity (Wildman–Crippen MR) is 134 cm³/mol. The van der Waals surface area contributed by atoms with E-state index in [9.17, 15) is 4.79 Å². The van der Waals surface area contributed by atoms with Gasteiger partial charge in [-0.15, -0.1) is 17.9 Å². The Morgan fingerprint density at radius 1 is 1.33 bits per heavy atom. The zero-order chi connectivity index (χ0) is 23.1. The molecule has 1 aromatic carbocycles. The Morgan fingerprint density at radius 3 is 2.97 bits per heavy atom. The molecule has 9 heteroatoms. The molecule has 8 nitrogen and oxygen atoms in total. The Kier molecular flexibility index (Phi) is 5.49. The number of likely N-dealkylation sites (N-methyl/N-ethyl adjacent to an activating group) is 1. The third kappa shape index (κ3) is 3.82. The Bertz CT molecular complexity index is 1360. The van der Waals surface area contributed by atoms with Gasteiger partial charge in [0.2, 0.25) is 5.91 Å². The molecule has 0 unspecified atom stereocenters. The lowest BCUT2D eigenvalue weighted by molar-refractivity contribution is -0.133. The summed E-state index contributed by atoms with van der Waals surface area (Å²) in [6, 6.07) is 4.18. The highest BCUT2D eigenvalue weighted by molar-refractivity contribution is 7.19. The number of carbonyl (C=O) groups excluding carboxylic acids is 1. The number of carbonyl (C=O) groups is 1. The van der Waals surface area contributed by atoms with Crippen molar-refractivity contribution in [3.05, 3.63) is 47.8 Å². The first kappa shape index (κ1) is 21.4. The van der Waals surface area contributed by atoms with Crippen LogP contribution in [0.5, 0.6) is 0 Å². The average molecular weight is 462 g/mol. The standard InChI is InChI=1S/C24H27N7OS/c1-5-8-31(4)19-11-17-15(12-27-29-17)9-18(19)28-22-21-16-7-6-14(24(32)30(2)3)10-20(16)33-23(21)26-13-25-22/h5,9,11-14H,1,6-8,10H2,2-4H3,(H,27,29)(H,25,26,28)/t14-/m0/s1. The number of aromatic nitrogens is 4. The Balaban J connectivity index is 1.56. The molecule has 0 fully saturated rings. The smallest absolute Gasteiger partial charge is 0.225 e. The first-order chi connectivity index (χ1) is 16.0. The second kappa shape index (κ2) is 8.47. The minimum atomic E-state index is 0.0348. The number of amides is 1. The zero-order valence-corrected chi connectivity index (χ0v) is 19.9. The number of thiophene rings is 1. The monoisotopic (exact) mass is 461 g/mol. The molecule has 3 heterocycles. The van der Waals surface area contributed by atoms with Gasteiger partial charge in [0.05, 0.1) is 28.5 Å². The maximum Gasteiger partial charge on any atom is 0.225 e. The minimum Gasteiger partial charge on any atom is -0.369 e. The van der Waals surface area contributed by atoms with Crippen molar-refractivity contribution in [2.45, 2.75) is 19.3 Å². The van der Waals surface area contributed by atoms with Gasteiger partial charge in [0.25, 0.3) is 0 Å². The van der Waals surface area contributed by atoms with Crippen LogP contribution in [0.1, 0.15) is 16.9 Å². The van der Waals surface area contributed by atoms with Crippen LogP contribution in [0.2, 0.25) is 0 Å². The number of H-pyrrole nitrogens is 1. The van der Waals surface area contributed by atoms with E-state index in [2.05, 4.69) is 49.1 Å². The van der Waals surface area contributed by atoms with Crippen molar-refractivity contribution in [3.63, 3.8) is 0 Å². The molecule has 0 radical (unpaired) electrons. The molecular formula is C24H27N7OS. The van der Waals surface area contributed by atoms with Crippen LogP contribution in [0.3, 0.4) is 0 Å². The van der Waals surface area contributed by atoms with E-state index in [1.807, 2.05) is 33.4 Å². The number of benzene rings is 1. The fourth-order valence-corrected chi connectivity index (χ4v) is 5.86. The van der Waals surface area contributed by atoms with Crippen LogP contribution in [0, 0.1) is 5.92 Å². The van der Waals surface area contributed by atoms with Gasteiger partial charge < -0.3 is 15.1 Å². The van der Waals surface area contributed by atoms with Crippen molar-refractivity contribution >= 4 is 55.6 Å². The van der Waals surface area contributed by atoms with Crippen molar-refractivity contribution in [2.75, 3.05) is 37.9 Å². The van der Waals surface area contributed by atoms with E-state index in [-0.39, 0.29) is 11.8 Å². The Morgan fingerprint density at radius 2 is 2.18 bits per heavy atom. The van der Waals surface area contributed by atoms with Crippen LogP contribution in [-0.4, -0.2) is 58.7 Å². The van der Waals surface area contributed by atoms with E-state index >= 15 is 0 Å². The molecule has 2 N–H and O–H groups in total. The summed E-state index contributed by atoms with van der Waals surface area (Å²) in [5.41, 5.74) is 4.22. The highest BCUT2D eigenvalue weighted by Crippen LogP contribution is 2.41. The van der Waals surface area contributed by atoms with E-state index in [1.54, 1.807) is 22.6 Å². The Hall–Kier alpha value is -3.46. The van der Waals surface area contributed by atoms with E-state index in [4.69, 9.17) is 0 Å². The van der Waals surface area contributed by atoms with Crippen LogP contribution >= 0.6 is 11.3 Å². The summed E-state index contributed by atoms with van der Waals surface area (Å²) in [6.45, 7) is 4.59. The number of hydrogen-bond acceptors (Lipinski definition) is 7. The normalized spacial score (nSPS) is 15.4.